The SMILES string of the molecule is CC[C@@H](C)NC(=O)[C@@H](C)N(Cc1ccc(Br)cc1)C(=O)CCc1ccc(C(C)C)cc1. The molecule has 0 aliphatic carbocycles. The molecule has 0 unspecified atom stereocenters. The molecule has 0 saturated carbocycles. The lowest BCUT2D eigenvalue weighted by Crippen LogP contribution is -2.49. The first-order valence-corrected chi connectivity index (χ1v) is 11.9. The lowest BCUT2D eigenvalue weighted by Gasteiger charge is -2.30. The molecule has 5 heteroatoms. The Balaban J connectivity index is 2.12. The molecule has 2 atom stereocenters. The van der Waals surface area contributed by atoms with E-state index in [1.807, 2.05) is 45.0 Å². The Kier molecular flexibility index (Phi) is 9.76. The zero-order valence-corrected chi connectivity index (χ0v) is 20.9. The molecule has 2 rings (SSSR count). The van der Waals surface area contributed by atoms with Crippen molar-refractivity contribution in [2.24, 2.45) is 0 Å². The number of carbonyl (C=O) groups is 2. The Bertz CT molecular complexity index is 847. The van der Waals surface area contributed by atoms with Gasteiger partial charge in [0.2, 0.25) is 11.8 Å². The zero-order chi connectivity index (χ0) is 23.0. The topological polar surface area (TPSA) is 49.4 Å². The van der Waals surface area contributed by atoms with E-state index in [2.05, 4.69) is 59.4 Å². The van der Waals surface area contributed by atoms with Crippen LogP contribution in [0.25, 0.3) is 0 Å². The van der Waals surface area contributed by atoms with E-state index in [4.69, 9.17) is 0 Å². The predicted octanol–water partition coefficient (Wildman–Crippen LogP) is 5.84. The van der Waals surface area contributed by atoms with Crippen LogP contribution in [0.5, 0.6) is 0 Å². The summed E-state index contributed by atoms with van der Waals surface area (Å²) in [7, 11) is 0. The Morgan fingerprint density at radius 3 is 2.06 bits per heavy atom. The van der Waals surface area contributed by atoms with E-state index in [9.17, 15) is 9.59 Å². The second kappa shape index (κ2) is 12.0. The highest BCUT2D eigenvalue weighted by Gasteiger charge is 2.26. The first-order valence-electron chi connectivity index (χ1n) is 11.1. The fraction of sp³-hybridized carbons (Fsp3) is 0.462. The molecule has 0 saturated heterocycles. The molecule has 0 heterocycles. The molecule has 2 aromatic carbocycles. The molecular weight excluding hydrogens is 452 g/mol. The Labute approximate surface area is 195 Å². The lowest BCUT2D eigenvalue weighted by molar-refractivity contribution is -0.140. The number of halogens is 1. The van der Waals surface area contributed by atoms with Crippen molar-refractivity contribution in [2.45, 2.75) is 78.4 Å². The van der Waals surface area contributed by atoms with Crippen LogP contribution in [-0.2, 0) is 22.6 Å². The molecule has 31 heavy (non-hydrogen) atoms. The Morgan fingerprint density at radius 2 is 1.52 bits per heavy atom. The molecule has 0 radical (unpaired) electrons. The maximum atomic E-state index is 13.2. The fourth-order valence-corrected chi connectivity index (χ4v) is 3.56. The highest BCUT2D eigenvalue weighted by atomic mass is 79.9. The van der Waals surface area contributed by atoms with Gasteiger partial charge in [0.15, 0.2) is 0 Å². The summed E-state index contributed by atoms with van der Waals surface area (Å²) in [6.07, 6.45) is 1.89. The van der Waals surface area contributed by atoms with Crippen molar-refractivity contribution in [3.8, 4) is 0 Å². The van der Waals surface area contributed by atoms with Crippen LogP contribution in [0.4, 0.5) is 0 Å². The van der Waals surface area contributed by atoms with Crippen LogP contribution in [0.3, 0.4) is 0 Å². The van der Waals surface area contributed by atoms with Crippen LogP contribution < -0.4 is 5.32 Å². The summed E-state index contributed by atoms with van der Waals surface area (Å²) in [6, 6.07) is 15.9. The third-order valence-electron chi connectivity index (χ3n) is 5.71. The van der Waals surface area contributed by atoms with Gasteiger partial charge in [0.1, 0.15) is 6.04 Å². The number of nitrogens with zero attached hydrogens (tertiary/aromatic N) is 1. The van der Waals surface area contributed by atoms with E-state index in [1.54, 1.807) is 4.90 Å². The standard InChI is InChI=1S/C26H35BrN2O2/c1-6-19(4)28-26(31)20(5)29(17-22-9-14-24(27)15-10-22)25(30)16-11-21-7-12-23(13-8-21)18(2)3/h7-10,12-15,18-20H,6,11,16-17H2,1-5H3,(H,28,31)/t19-,20-/m1/s1. The van der Waals surface area contributed by atoms with Gasteiger partial charge in [-0.1, -0.05) is 73.1 Å². The molecule has 0 bridgehead atoms. The maximum absolute atomic E-state index is 13.2. The Morgan fingerprint density at radius 1 is 0.935 bits per heavy atom. The minimum atomic E-state index is -0.534. The molecule has 2 aromatic rings. The molecule has 1 N–H and O–H groups in total. The second-order valence-electron chi connectivity index (χ2n) is 8.54. The predicted molar refractivity (Wildman–Crippen MR) is 131 cm³/mol. The third kappa shape index (κ3) is 7.80. The number of aryl methyl sites for hydroxylation is 1. The van der Waals surface area contributed by atoms with Crippen molar-refractivity contribution in [1.29, 1.82) is 0 Å². The van der Waals surface area contributed by atoms with Crippen molar-refractivity contribution in [2.75, 3.05) is 0 Å². The van der Waals surface area contributed by atoms with Gasteiger partial charge in [-0.25, -0.2) is 0 Å². The van der Waals surface area contributed by atoms with E-state index in [1.165, 1.54) is 5.56 Å². The quantitative estimate of drug-likeness (QED) is 0.458. The first-order chi connectivity index (χ1) is 14.7. The number of hydrogen-bond acceptors (Lipinski definition) is 2. The Hall–Kier alpha value is -2.14. The highest BCUT2D eigenvalue weighted by molar-refractivity contribution is 9.10. The van der Waals surface area contributed by atoms with Gasteiger partial charge in [-0.05, 0) is 61.4 Å². The number of benzene rings is 2. The highest BCUT2D eigenvalue weighted by Crippen LogP contribution is 2.18. The van der Waals surface area contributed by atoms with Gasteiger partial charge < -0.3 is 10.2 Å². The van der Waals surface area contributed by atoms with Crippen LogP contribution in [0, 0.1) is 0 Å². The smallest absolute Gasteiger partial charge is 0.242 e. The minimum Gasteiger partial charge on any atom is -0.352 e. The molecule has 0 aromatic heterocycles. The molecule has 0 aliphatic rings. The van der Waals surface area contributed by atoms with E-state index in [-0.39, 0.29) is 17.9 Å². The normalized spacial score (nSPS) is 13.0. The summed E-state index contributed by atoms with van der Waals surface area (Å²) in [4.78, 5) is 27.7. The van der Waals surface area contributed by atoms with Gasteiger partial charge >= 0.3 is 0 Å². The molecule has 0 fully saturated rings. The first kappa shape index (κ1) is 25.1. The number of hydrogen-bond donors (Lipinski definition) is 1. The van der Waals surface area contributed by atoms with Gasteiger partial charge in [0.25, 0.3) is 0 Å². The fourth-order valence-electron chi connectivity index (χ4n) is 3.30. The average molecular weight is 487 g/mol. The summed E-state index contributed by atoms with van der Waals surface area (Å²) in [5.41, 5.74) is 3.43. The minimum absolute atomic E-state index is 0.0114. The largest absolute Gasteiger partial charge is 0.352 e. The van der Waals surface area contributed by atoms with Crippen molar-refractivity contribution < 1.29 is 9.59 Å². The second-order valence-corrected chi connectivity index (χ2v) is 9.45. The van der Waals surface area contributed by atoms with Crippen molar-refractivity contribution in [3.63, 3.8) is 0 Å². The molecule has 0 spiro atoms. The van der Waals surface area contributed by atoms with Crippen LogP contribution in [0.1, 0.15) is 70.1 Å². The number of nitrogens with one attached hydrogen (secondary N) is 1. The third-order valence-corrected chi connectivity index (χ3v) is 6.24. The van der Waals surface area contributed by atoms with Gasteiger partial charge in [0.05, 0.1) is 0 Å². The van der Waals surface area contributed by atoms with Gasteiger partial charge in [-0.15, -0.1) is 0 Å². The summed E-state index contributed by atoms with van der Waals surface area (Å²) >= 11 is 3.45. The summed E-state index contributed by atoms with van der Waals surface area (Å²) in [5, 5.41) is 3.01. The molecule has 2 amide bonds. The summed E-state index contributed by atoms with van der Waals surface area (Å²) < 4.78 is 0.988. The van der Waals surface area contributed by atoms with Gasteiger partial charge in [-0.2, -0.15) is 0 Å². The molecule has 4 nitrogen and oxygen atoms in total. The van der Waals surface area contributed by atoms with Crippen LogP contribution in [0.15, 0.2) is 53.0 Å². The number of carbonyl (C=O) groups excluding carboxylic acids is 2. The maximum Gasteiger partial charge on any atom is 0.242 e. The molecule has 0 aliphatic heterocycles. The molecule has 168 valence electrons. The molecular formula is C26H35BrN2O2. The number of rotatable bonds is 10. The summed E-state index contributed by atoms with van der Waals surface area (Å²) in [5.74, 6) is 0.366. The van der Waals surface area contributed by atoms with E-state index in [0.717, 1.165) is 22.0 Å². The summed E-state index contributed by atoms with van der Waals surface area (Å²) in [6.45, 7) is 10.6. The van der Waals surface area contributed by atoms with E-state index in [0.29, 0.717) is 25.3 Å². The lowest BCUT2D eigenvalue weighted by atomic mass is 10.00. The average Bonchev–Trinajstić information content (AvgIpc) is 2.76. The van der Waals surface area contributed by atoms with Crippen LogP contribution >= 0.6 is 15.9 Å². The number of amides is 2. The van der Waals surface area contributed by atoms with Crippen molar-refractivity contribution in [1.82, 2.24) is 10.2 Å². The van der Waals surface area contributed by atoms with E-state index >= 15 is 0 Å². The monoisotopic (exact) mass is 486 g/mol. The van der Waals surface area contributed by atoms with Gasteiger partial charge in [-0.3, -0.25) is 9.59 Å². The van der Waals surface area contributed by atoms with E-state index < -0.39 is 6.04 Å². The van der Waals surface area contributed by atoms with Crippen molar-refractivity contribution in [3.05, 3.63) is 69.7 Å². The zero-order valence-electron chi connectivity index (χ0n) is 19.3. The van der Waals surface area contributed by atoms with Gasteiger partial charge in [0, 0.05) is 23.5 Å². The van der Waals surface area contributed by atoms with Crippen LogP contribution in [-0.4, -0.2) is 28.8 Å². The van der Waals surface area contributed by atoms with Crippen molar-refractivity contribution >= 4 is 27.7 Å². The van der Waals surface area contributed by atoms with Crippen LogP contribution in [0.2, 0.25) is 0 Å².